The first kappa shape index (κ1) is 13.8. The second kappa shape index (κ2) is 5.58. The summed E-state index contributed by atoms with van der Waals surface area (Å²) in [6.45, 7) is 0.636. The predicted octanol–water partition coefficient (Wildman–Crippen LogP) is 0.686. The molecule has 7 heteroatoms. The van der Waals surface area contributed by atoms with E-state index in [1.54, 1.807) is 0 Å². The van der Waals surface area contributed by atoms with Gasteiger partial charge in [-0.1, -0.05) is 30.3 Å². The lowest BCUT2D eigenvalue weighted by Crippen LogP contribution is -2.34. The molecule has 1 atom stereocenters. The van der Waals surface area contributed by atoms with Gasteiger partial charge in [0.2, 0.25) is 10.0 Å². The fraction of sp³-hybridized carbons (Fsp3) is 0.417. The predicted molar refractivity (Wildman–Crippen MR) is 69.7 cm³/mol. The first-order valence-corrected chi connectivity index (χ1v) is 7.55. The first-order valence-electron chi connectivity index (χ1n) is 5.94. The van der Waals surface area contributed by atoms with Crippen LogP contribution < -0.4 is 5.14 Å². The molecule has 2 N–H and O–H groups in total. The normalized spacial score (nSPS) is 19.4. The van der Waals surface area contributed by atoms with Crippen molar-refractivity contribution in [2.24, 2.45) is 5.14 Å². The number of ether oxygens (including phenoxy) is 1. The van der Waals surface area contributed by atoms with Gasteiger partial charge in [0.05, 0.1) is 5.25 Å². The fourth-order valence-corrected chi connectivity index (χ4v) is 2.79. The van der Waals surface area contributed by atoms with E-state index in [1.807, 2.05) is 30.3 Å². The van der Waals surface area contributed by atoms with E-state index in [-0.39, 0.29) is 13.2 Å². The van der Waals surface area contributed by atoms with Crippen molar-refractivity contribution in [2.45, 2.75) is 18.3 Å². The number of nitrogens with two attached hydrogens (primary N) is 1. The van der Waals surface area contributed by atoms with Gasteiger partial charge in [0.1, 0.15) is 6.61 Å². The highest BCUT2D eigenvalue weighted by Crippen LogP contribution is 2.16. The van der Waals surface area contributed by atoms with Gasteiger partial charge in [-0.05, 0) is 12.0 Å². The number of sulfonamides is 1. The summed E-state index contributed by atoms with van der Waals surface area (Å²) in [7, 11) is -3.59. The Hall–Kier alpha value is -1.60. The van der Waals surface area contributed by atoms with Crippen molar-refractivity contribution in [2.75, 3.05) is 13.1 Å². The molecule has 6 nitrogen and oxygen atoms in total. The minimum Gasteiger partial charge on any atom is -0.445 e. The van der Waals surface area contributed by atoms with Crippen LogP contribution in [-0.2, 0) is 21.4 Å². The summed E-state index contributed by atoms with van der Waals surface area (Å²) in [6.07, 6.45) is -0.144. The Morgan fingerprint density at radius 3 is 2.63 bits per heavy atom. The molecule has 1 heterocycles. The van der Waals surface area contributed by atoms with Crippen molar-refractivity contribution in [3.05, 3.63) is 35.9 Å². The van der Waals surface area contributed by atoms with Crippen LogP contribution in [0.25, 0.3) is 0 Å². The molecule has 1 aromatic rings. The summed E-state index contributed by atoms with van der Waals surface area (Å²) < 4.78 is 27.5. The van der Waals surface area contributed by atoms with Gasteiger partial charge in [0.15, 0.2) is 0 Å². The Morgan fingerprint density at radius 2 is 2.05 bits per heavy atom. The van der Waals surface area contributed by atoms with Gasteiger partial charge in [-0.25, -0.2) is 18.4 Å². The van der Waals surface area contributed by atoms with E-state index in [9.17, 15) is 13.2 Å². The van der Waals surface area contributed by atoms with Crippen molar-refractivity contribution >= 4 is 16.1 Å². The van der Waals surface area contributed by atoms with Crippen LogP contribution in [0.5, 0.6) is 0 Å². The minimum absolute atomic E-state index is 0.104. The third-order valence-electron chi connectivity index (χ3n) is 3.07. The van der Waals surface area contributed by atoms with Crippen molar-refractivity contribution in [3.63, 3.8) is 0 Å². The van der Waals surface area contributed by atoms with E-state index in [0.717, 1.165) is 5.56 Å². The summed E-state index contributed by atoms with van der Waals surface area (Å²) >= 11 is 0. The van der Waals surface area contributed by atoms with Gasteiger partial charge < -0.3 is 9.64 Å². The highest BCUT2D eigenvalue weighted by Gasteiger charge is 2.33. The maximum Gasteiger partial charge on any atom is 0.410 e. The number of hydrogen-bond donors (Lipinski definition) is 1. The molecular weight excluding hydrogens is 268 g/mol. The first-order chi connectivity index (χ1) is 8.97. The highest BCUT2D eigenvalue weighted by molar-refractivity contribution is 7.89. The number of nitrogens with zero attached hydrogens (tertiary/aromatic N) is 1. The molecule has 0 radical (unpaired) electrons. The quantitative estimate of drug-likeness (QED) is 0.884. The minimum atomic E-state index is -3.59. The molecule has 1 aliphatic heterocycles. The number of carbonyl (C=O) groups excluding carboxylic acids is 1. The lowest BCUT2D eigenvalue weighted by atomic mass is 10.2. The second-order valence-electron chi connectivity index (χ2n) is 4.49. The number of primary sulfonamides is 1. The van der Waals surface area contributed by atoms with E-state index in [1.165, 1.54) is 4.90 Å². The third kappa shape index (κ3) is 3.68. The zero-order valence-corrected chi connectivity index (χ0v) is 11.2. The van der Waals surface area contributed by atoms with Gasteiger partial charge in [0, 0.05) is 13.1 Å². The Balaban J connectivity index is 1.85. The highest BCUT2D eigenvalue weighted by atomic mass is 32.2. The largest absolute Gasteiger partial charge is 0.445 e. The standard InChI is InChI=1S/C12H16N2O4S/c13-19(16,17)11-6-7-14(8-11)12(15)18-9-10-4-2-1-3-5-10/h1-5,11H,6-9H2,(H2,13,16,17)/t11-/m1/s1. The van der Waals surface area contributed by atoms with Crippen LogP contribution in [0.4, 0.5) is 4.79 Å². The topological polar surface area (TPSA) is 89.7 Å². The van der Waals surface area contributed by atoms with Crippen LogP contribution in [0.2, 0.25) is 0 Å². The summed E-state index contributed by atoms with van der Waals surface area (Å²) in [6, 6.07) is 9.30. The van der Waals surface area contributed by atoms with E-state index in [2.05, 4.69) is 0 Å². The van der Waals surface area contributed by atoms with Crippen LogP contribution in [0.15, 0.2) is 30.3 Å². The van der Waals surface area contributed by atoms with Crippen molar-refractivity contribution < 1.29 is 17.9 Å². The summed E-state index contributed by atoms with van der Waals surface area (Å²) in [5, 5.41) is 4.38. The molecule has 0 spiro atoms. The Morgan fingerprint density at radius 1 is 1.37 bits per heavy atom. The smallest absolute Gasteiger partial charge is 0.410 e. The average molecular weight is 284 g/mol. The van der Waals surface area contributed by atoms with Crippen LogP contribution >= 0.6 is 0 Å². The van der Waals surface area contributed by atoms with Gasteiger partial charge in [-0.15, -0.1) is 0 Å². The maximum atomic E-state index is 11.8. The number of amides is 1. The lowest BCUT2D eigenvalue weighted by Gasteiger charge is -2.15. The molecule has 104 valence electrons. The number of carbonyl (C=O) groups is 1. The third-order valence-corrected chi connectivity index (χ3v) is 4.39. The molecule has 1 fully saturated rings. The number of rotatable bonds is 3. The molecule has 0 aliphatic carbocycles. The molecule has 0 unspecified atom stereocenters. The van der Waals surface area contributed by atoms with E-state index >= 15 is 0 Å². The zero-order valence-electron chi connectivity index (χ0n) is 10.4. The van der Waals surface area contributed by atoms with E-state index in [0.29, 0.717) is 13.0 Å². The molecule has 0 aromatic heterocycles. The molecule has 2 rings (SSSR count). The number of likely N-dealkylation sites (tertiary alicyclic amines) is 1. The van der Waals surface area contributed by atoms with Crippen LogP contribution in [0.1, 0.15) is 12.0 Å². The summed E-state index contributed by atoms with van der Waals surface area (Å²) in [5.74, 6) is 0. The fourth-order valence-electron chi connectivity index (χ4n) is 1.97. The van der Waals surface area contributed by atoms with Gasteiger partial charge in [0.25, 0.3) is 0 Å². The molecule has 1 aromatic carbocycles. The number of benzene rings is 1. The Bertz CT molecular complexity index is 544. The zero-order chi connectivity index (χ0) is 13.9. The van der Waals surface area contributed by atoms with Gasteiger partial charge in [-0.3, -0.25) is 0 Å². The second-order valence-corrected chi connectivity index (χ2v) is 6.33. The average Bonchev–Trinajstić information content (AvgIpc) is 2.87. The molecule has 0 saturated carbocycles. The Kier molecular flexibility index (Phi) is 4.06. The molecule has 1 aliphatic rings. The molecule has 1 saturated heterocycles. The van der Waals surface area contributed by atoms with Crippen molar-refractivity contribution in [1.29, 1.82) is 0 Å². The van der Waals surface area contributed by atoms with Crippen molar-refractivity contribution in [3.8, 4) is 0 Å². The van der Waals surface area contributed by atoms with Crippen LogP contribution in [-0.4, -0.2) is 37.8 Å². The molecule has 1 amide bonds. The molecular formula is C12H16N2O4S. The maximum absolute atomic E-state index is 11.8. The monoisotopic (exact) mass is 284 g/mol. The van der Waals surface area contributed by atoms with Crippen LogP contribution in [0.3, 0.4) is 0 Å². The van der Waals surface area contributed by atoms with Crippen molar-refractivity contribution in [1.82, 2.24) is 4.90 Å². The number of hydrogen-bond acceptors (Lipinski definition) is 4. The summed E-state index contributed by atoms with van der Waals surface area (Å²) in [4.78, 5) is 13.1. The van der Waals surface area contributed by atoms with Gasteiger partial charge >= 0.3 is 6.09 Å². The van der Waals surface area contributed by atoms with Gasteiger partial charge in [-0.2, -0.15) is 0 Å². The molecule has 0 bridgehead atoms. The van der Waals surface area contributed by atoms with Crippen LogP contribution in [0, 0.1) is 0 Å². The van der Waals surface area contributed by atoms with E-state index in [4.69, 9.17) is 9.88 Å². The van der Waals surface area contributed by atoms with E-state index < -0.39 is 21.4 Å². The SMILES string of the molecule is NS(=O)(=O)[C@@H]1CCN(C(=O)OCc2ccccc2)C1. The Labute approximate surface area is 112 Å². The lowest BCUT2D eigenvalue weighted by molar-refractivity contribution is 0.104. The summed E-state index contributed by atoms with van der Waals surface area (Å²) in [5.41, 5.74) is 0.887. The molecule has 19 heavy (non-hydrogen) atoms.